The summed E-state index contributed by atoms with van der Waals surface area (Å²) in [6.45, 7) is 3.06. The normalized spacial score (nSPS) is 50.5. The van der Waals surface area contributed by atoms with Crippen LogP contribution in [0.4, 0.5) is 5.69 Å². The molecule has 8 atom stereocenters. The van der Waals surface area contributed by atoms with Crippen molar-refractivity contribution in [3.63, 3.8) is 0 Å². The van der Waals surface area contributed by atoms with Gasteiger partial charge in [-0.1, -0.05) is 24.3 Å². The van der Waals surface area contributed by atoms with Gasteiger partial charge in [-0.3, -0.25) is 4.79 Å². The molecule has 1 unspecified atom stereocenters. The van der Waals surface area contributed by atoms with Crippen molar-refractivity contribution in [2.75, 3.05) is 19.0 Å². The molecule has 5 fully saturated rings. The third kappa shape index (κ3) is 1.28. The summed E-state index contributed by atoms with van der Waals surface area (Å²) in [5.74, 6) is -0.113. The van der Waals surface area contributed by atoms with Crippen LogP contribution < -0.4 is 10.2 Å². The number of rotatable bonds is 1. The predicted molar refractivity (Wildman–Crippen MR) is 95.9 cm³/mol. The van der Waals surface area contributed by atoms with E-state index in [0.29, 0.717) is 6.04 Å². The van der Waals surface area contributed by atoms with Crippen LogP contribution in [0.15, 0.2) is 35.9 Å². The fraction of sp³-hybridized carbons (Fsp3) is 0.571. The summed E-state index contributed by atoms with van der Waals surface area (Å²) in [6, 6.07) is 9.12. The van der Waals surface area contributed by atoms with Gasteiger partial charge < -0.3 is 20.1 Å². The van der Waals surface area contributed by atoms with Crippen molar-refractivity contribution >= 4 is 11.7 Å². The smallest absolute Gasteiger partial charge is 0.321 e. The van der Waals surface area contributed by atoms with Crippen molar-refractivity contribution in [2.24, 2.45) is 11.3 Å². The molecule has 3 N–H and O–H groups in total. The Hall–Kier alpha value is -1.85. The Bertz CT molecular complexity index is 867. The lowest BCUT2D eigenvalue weighted by atomic mass is 9.58. The molecule has 0 amide bonds. The largest absolute Gasteiger partial charge is 0.468 e. The number of fused-ring (bicyclic) bond motifs is 2. The van der Waals surface area contributed by atoms with Crippen LogP contribution in [0, 0.1) is 11.3 Å². The van der Waals surface area contributed by atoms with Crippen molar-refractivity contribution in [2.45, 2.75) is 49.4 Å². The van der Waals surface area contributed by atoms with Gasteiger partial charge in [0.25, 0.3) is 0 Å². The minimum atomic E-state index is -0.811. The molecule has 7 rings (SSSR count). The SMILES string of the molecule is C/C=C1/C[NH+]2[C@@H]3C[C@H]1[C@]1(C(=O)OC)[C@H](O)[C@@]4(C[C@@H]21)c1ccccc1N[C@@H]34. The van der Waals surface area contributed by atoms with E-state index in [2.05, 4.69) is 36.5 Å². The molecule has 1 spiro atoms. The van der Waals surface area contributed by atoms with Gasteiger partial charge in [-0.25, -0.2) is 0 Å². The third-order valence-electron chi connectivity index (χ3n) is 8.51. The van der Waals surface area contributed by atoms with E-state index >= 15 is 0 Å². The number of para-hydroxylation sites is 1. The van der Waals surface area contributed by atoms with Gasteiger partial charge in [-0.15, -0.1) is 0 Å². The highest BCUT2D eigenvalue weighted by Gasteiger charge is 2.84. The molecule has 5 bridgehead atoms. The standard InChI is InChI=1S/C21H24N2O3/c1-3-11-10-23-15-8-13(11)21(19(25)26-2)16(23)9-20(18(21)24)12-6-4-5-7-14(12)22-17(15)20/h3-7,13,15-18,22,24H,8-10H2,1-2H3/p+1/b11-3-/t13-,15-,16-,17+,18-,20+,21-/m1/s1. The number of carbonyl (C=O) groups excluding carboxylic acids is 1. The molecule has 5 nitrogen and oxygen atoms in total. The maximum atomic E-state index is 13.3. The van der Waals surface area contributed by atoms with Crippen LogP contribution in [0.5, 0.6) is 0 Å². The number of piperidine rings is 4. The first-order valence-corrected chi connectivity index (χ1v) is 9.73. The van der Waals surface area contributed by atoms with Crippen LogP contribution in [-0.4, -0.2) is 49.0 Å². The topological polar surface area (TPSA) is 63.0 Å². The number of quaternary nitrogens is 1. The average molecular weight is 353 g/mol. The Labute approximate surface area is 153 Å². The number of allylic oxidation sites excluding steroid dienone is 1. The monoisotopic (exact) mass is 353 g/mol. The fourth-order valence-corrected chi connectivity index (χ4v) is 7.76. The van der Waals surface area contributed by atoms with Crippen molar-refractivity contribution in [3.05, 3.63) is 41.5 Å². The van der Waals surface area contributed by atoms with Crippen molar-refractivity contribution in [1.82, 2.24) is 0 Å². The molecule has 26 heavy (non-hydrogen) atoms. The Morgan fingerprint density at radius 2 is 2.23 bits per heavy atom. The molecule has 0 radical (unpaired) electrons. The van der Waals surface area contributed by atoms with E-state index in [0.717, 1.165) is 25.1 Å². The van der Waals surface area contributed by atoms with Crippen LogP contribution in [0.25, 0.3) is 0 Å². The summed E-state index contributed by atoms with van der Waals surface area (Å²) in [6.07, 6.45) is 3.26. The summed E-state index contributed by atoms with van der Waals surface area (Å²) < 4.78 is 5.35. The average Bonchev–Trinajstić information content (AvgIpc) is 3.13. The van der Waals surface area contributed by atoms with Crippen molar-refractivity contribution in [1.29, 1.82) is 0 Å². The minimum Gasteiger partial charge on any atom is -0.468 e. The lowest BCUT2D eigenvalue weighted by Gasteiger charge is -2.57. The van der Waals surface area contributed by atoms with Gasteiger partial charge >= 0.3 is 5.97 Å². The summed E-state index contributed by atoms with van der Waals surface area (Å²) >= 11 is 0. The third-order valence-corrected chi connectivity index (χ3v) is 8.51. The van der Waals surface area contributed by atoms with Crippen LogP contribution in [-0.2, 0) is 14.9 Å². The fourth-order valence-electron chi connectivity index (χ4n) is 7.76. The molecule has 0 aromatic heterocycles. The summed E-state index contributed by atoms with van der Waals surface area (Å²) in [5, 5.41) is 15.7. The maximum Gasteiger partial charge on any atom is 0.321 e. The summed E-state index contributed by atoms with van der Waals surface area (Å²) in [4.78, 5) is 14.7. The summed E-state index contributed by atoms with van der Waals surface area (Å²) in [5.41, 5.74) is 2.47. The highest BCUT2D eigenvalue weighted by molar-refractivity contribution is 5.83. The van der Waals surface area contributed by atoms with Gasteiger partial charge in [0.05, 0.1) is 31.2 Å². The zero-order valence-corrected chi connectivity index (χ0v) is 15.2. The number of hydrogen-bond acceptors (Lipinski definition) is 4. The zero-order valence-electron chi connectivity index (χ0n) is 15.2. The van der Waals surface area contributed by atoms with Gasteiger partial charge in [0.1, 0.15) is 12.1 Å². The molecule has 5 aliphatic heterocycles. The molecule has 4 saturated heterocycles. The van der Waals surface area contributed by atoms with E-state index in [4.69, 9.17) is 4.74 Å². The Morgan fingerprint density at radius 3 is 3.00 bits per heavy atom. The highest BCUT2D eigenvalue weighted by atomic mass is 16.5. The molecule has 1 aromatic carbocycles. The van der Waals surface area contributed by atoms with E-state index in [-0.39, 0.29) is 29.4 Å². The Kier molecular flexibility index (Phi) is 2.65. The van der Waals surface area contributed by atoms with Crippen molar-refractivity contribution in [3.8, 4) is 0 Å². The van der Waals surface area contributed by atoms with Gasteiger partial charge in [0, 0.05) is 24.4 Å². The molecule has 1 saturated carbocycles. The number of nitrogens with one attached hydrogen (secondary N) is 2. The van der Waals surface area contributed by atoms with Crippen LogP contribution in [0.3, 0.4) is 0 Å². The van der Waals surface area contributed by atoms with E-state index < -0.39 is 11.5 Å². The van der Waals surface area contributed by atoms with E-state index in [1.807, 2.05) is 6.07 Å². The van der Waals surface area contributed by atoms with Gasteiger partial charge in [0.15, 0.2) is 5.41 Å². The number of esters is 1. The number of methoxy groups -OCH3 is 1. The number of anilines is 1. The van der Waals surface area contributed by atoms with Gasteiger partial charge in [0.2, 0.25) is 0 Å². The lowest BCUT2D eigenvalue weighted by Crippen LogP contribution is -3.26. The molecular weight excluding hydrogens is 328 g/mol. The van der Waals surface area contributed by atoms with E-state index in [1.165, 1.54) is 23.1 Å². The molecule has 1 aromatic rings. The van der Waals surface area contributed by atoms with Crippen molar-refractivity contribution < 1.29 is 19.5 Å². The van der Waals surface area contributed by atoms with Crippen LogP contribution in [0.1, 0.15) is 25.3 Å². The number of hydrogen-bond donors (Lipinski definition) is 3. The lowest BCUT2D eigenvalue weighted by molar-refractivity contribution is -0.970. The Balaban J connectivity index is 1.65. The Morgan fingerprint density at radius 1 is 1.42 bits per heavy atom. The second-order valence-electron chi connectivity index (χ2n) is 8.80. The highest BCUT2D eigenvalue weighted by Crippen LogP contribution is 2.67. The maximum absolute atomic E-state index is 13.3. The molecule has 136 valence electrons. The van der Waals surface area contributed by atoms with Gasteiger partial charge in [-0.2, -0.15) is 0 Å². The first-order valence-electron chi connectivity index (χ1n) is 9.73. The quantitative estimate of drug-likeness (QED) is 0.501. The zero-order chi connectivity index (χ0) is 17.8. The second kappa shape index (κ2) is 4.52. The predicted octanol–water partition coefficient (Wildman–Crippen LogP) is 0.258. The van der Waals surface area contributed by atoms with Gasteiger partial charge in [-0.05, 0) is 24.1 Å². The first-order chi connectivity index (χ1) is 12.6. The second-order valence-corrected chi connectivity index (χ2v) is 8.80. The first kappa shape index (κ1) is 15.2. The molecule has 6 aliphatic rings. The molecular formula is C21H25N2O3+. The van der Waals surface area contributed by atoms with Crippen LogP contribution in [0.2, 0.25) is 0 Å². The number of benzene rings is 1. The summed E-state index contributed by atoms with van der Waals surface area (Å²) in [7, 11) is 1.47. The number of carbonyl (C=O) groups is 1. The molecule has 5 heteroatoms. The number of ether oxygens (including phenoxy) is 1. The van der Waals surface area contributed by atoms with Crippen LogP contribution >= 0.6 is 0 Å². The number of aliphatic hydroxyl groups is 1. The van der Waals surface area contributed by atoms with E-state index in [9.17, 15) is 9.90 Å². The number of aliphatic hydroxyl groups excluding tert-OH is 1. The molecule has 5 heterocycles. The van der Waals surface area contributed by atoms with E-state index in [1.54, 1.807) is 0 Å². The minimum absolute atomic E-state index is 0.0985. The molecule has 1 aliphatic carbocycles.